The number of methoxy groups -OCH3 is 2. The van der Waals surface area contributed by atoms with Gasteiger partial charge in [-0.25, -0.2) is 14.2 Å². The van der Waals surface area contributed by atoms with Crippen LogP contribution < -0.4 is 24.4 Å². The zero-order valence-corrected chi connectivity index (χ0v) is 24.5. The van der Waals surface area contributed by atoms with Crippen LogP contribution in [-0.4, -0.2) is 35.9 Å². The summed E-state index contributed by atoms with van der Waals surface area (Å²) in [4.78, 5) is 32.3. The van der Waals surface area contributed by atoms with E-state index in [1.54, 1.807) is 51.3 Å². The van der Waals surface area contributed by atoms with Crippen LogP contribution in [0.2, 0.25) is 0 Å². The third kappa shape index (κ3) is 4.99. The number of esters is 1. The summed E-state index contributed by atoms with van der Waals surface area (Å²) in [5.74, 6) is 0.154. The first-order valence-electron chi connectivity index (χ1n) is 13.0. The van der Waals surface area contributed by atoms with Crippen molar-refractivity contribution in [2.24, 2.45) is 4.99 Å². The number of aryl methyl sites for hydroxylation is 1. The summed E-state index contributed by atoms with van der Waals surface area (Å²) in [5.41, 5.74) is 4.65. The van der Waals surface area contributed by atoms with Gasteiger partial charge in [0.15, 0.2) is 16.3 Å². The molecule has 1 aliphatic rings. The summed E-state index contributed by atoms with van der Waals surface area (Å²) in [7, 11) is 3.07. The second kappa shape index (κ2) is 11.2. The lowest BCUT2D eigenvalue weighted by atomic mass is 9.95. The first kappa shape index (κ1) is 28.1. The Kier molecular flexibility index (Phi) is 7.68. The Balaban J connectivity index is 1.70. The molecule has 10 heteroatoms. The maximum Gasteiger partial charge on any atom is 0.338 e. The Bertz CT molecular complexity index is 1860. The predicted octanol–water partition coefficient (Wildman–Crippen LogP) is 4.36. The molecule has 0 radical (unpaired) electrons. The zero-order valence-electron chi connectivity index (χ0n) is 23.6. The van der Waals surface area contributed by atoms with Crippen LogP contribution in [-0.2, 0) is 9.53 Å². The maximum absolute atomic E-state index is 14.0. The SMILES string of the molecule is CCOC(=O)C1=C(C)N=c2sc(=Cc3cc(C)n(-c4ccc(F)cc4)c3C)c(=O)n2[C@H]1c1ccc(OC)c(OC)c1. The van der Waals surface area contributed by atoms with Gasteiger partial charge in [0, 0.05) is 17.1 Å². The van der Waals surface area contributed by atoms with Crippen molar-refractivity contribution < 1.29 is 23.4 Å². The number of aromatic nitrogens is 2. The molecule has 0 bridgehead atoms. The van der Waals surface area contributed by atoms with E-state index >= 15 is 0 Å². The summed E-state index contributed by atoms with van der Waals surface area (Å²) in [5, 5.41) is 0. The van der Waals surface area contributed by atoms with Crippen molar-refractivity contribution in [3.63, 3.8) is 0 Å². The van der Waals surface area contributed by atoms with Gasteiger partial charge in [0.1, 0.15) is 5.82 Å². The van der Waals surface area contributed by atoms with E-state index in [1.807, 2.05) is 30.6 Å². The van der Waals surface area contributed by atoms with Crippen molar-refractivity contribution >= 4 is 23.4 Å². The maximum atomic E-state index is 14.0. The van der Waals surface area contributed by atoms with Crippen molar-refractivity contribution in [1.29, 1.82) is 0 Å². The van der Waals surface area contributed by atoms with Crippen LogP contribution in [0.25, 0.3) is 11.8 Å². The molecule has 0 spiro atoms. The van der Waals surface area contributed by atoms with E-state index in [4.69, 9.17) is 14.2 Å². The fourth-order valence-electron chi connectivity index (χ4n) is 5.19. The van der Waals surface area contributed by atoms with Gasteiger partial charge in [-0.2, -0.15) is 0 Å². The number of halogens is 1. The van der Waals surface area contributed by atoms with Crippen LogP contribution in [0.5, 0.6) is 11.5 Å². The van der Waals surface area contributed by atoms with Crippen molar-refractivity contribution in [1.82, 2.24) is 9.13 Å². The molecular weight excluding hydrogens is 545 g/mol. The van der Waals surface area contributed by atoms with E-state index in [0.717, 1.165) is 22.6 Å². The first-order chi connectivity index (χ1) is 19.7. The molecule has 1 atom stereocenters. The number of fused-ring (bicyclic) bond motifs is 1. The molecule has 0 N–H and O–H groups in total. The number of hydrogen-bond donors (Lipinski definition) is 0. The Morgan fingerprint density at radius 2 is 1.76 bits per heavy atom. The Morgan fingerprint density at radius 1 is 1.05 bits per heavy atom. The highest BCUT2D eigenvalue weighted by atomic mass is 32.1. The number of hydrogen-bond acceptors (Lipinski definition) is 7. The molecule has 0 fully saturated rings. The zero-order chi connectivity index (χ0) is 29.4. The highest BCUT2D eigenvalue weighted by molar-refractivity contribution is 7.07. The van der Waals surface area contributed by atoms with Gasteiger partial charge >= 0.3 is 5.97 Å². The molecule has 2 aromatic heterocycles. The van der Waals surface area contributed by atoms with Crippen LogP contribution in [0.3, 0.4) is 0 Å². The molecule has 41 heavy (non-hydrogen) atoms. The summed E-state index contributed by atoms with van der Waals surface area (Å²) in [6.07, 6.45) is 1.83. The monoisotopic (exact) mass is 575 g/mol. The van der Waals surface area contributed by atoms with Crippen LogP contribution in [0.1, 0.15) is 42.4 Å². The van der Waals surface area contributed by atoms with Crippen molar-refractivity contribution in [3.05, 3.63) is 108 Å². The van der Waals surface area contributed by atoms with E-state index < -0.39 is 12.0 Å². The predicted molar refractivity (Wildman–Crippen MR) is 155 cm³/mol. The third-order valence-corrected chi connectivity index (χ3v) is 8.07. The first-order valence-corrected chi connectivity index (χ1v) is 13.9. The lowest BCUT2D eigenvalue weighted by molar-refractivity contribution is -0.139. The van der Waals surface area contributed by atoms with E-state index in [-0.39, 0.29) is 23.6 Å². The third-order valence-electron chi connectivity index (χ3n) is 7.08. The number of nitrogens with zero attached hydrogens (tertiary/aromatic N) is 3. The van der Waals surface area contributed by atoms with Crippen molar-refractivity contribution in [3.8, 4) is 17.2 Å². The molecular formula is C31H30FN3O5S. The van der Waals surface area contributed by atoms with Crippen LogP contribution in [0.15, 0.2) is 69.6 Å². The fourth-order valence-corrected chi connectivity index (χ4v) is 6.23. The number of carbonyl (C=O) groups excluding carboxylic acids is 1. The topological polar surface area (TPSA) is 84.1 Å². The van der Waals surface area contributed by atoms with Gasteiger partial charge in [-0.15, -0.1) is 0 Å². The van der Waals surface area contributed by atoms with Gasteiger partial charge < -0.3 is 18.8 Å². The molecule has 4 aromatic rings. The standard InChI is InChI=1S/C31H30FN3O5S/c1-7-40-30(37)27-18(3)33-31-35(28(27)20-8-13-24(38-5)25(15-20)39-6)29(36)26(41-31)16-21-14-17(2)34(19(21)4)23-11-9-22(32)10-12-23/h8-16,28H,7H2,1-6H3/t28-/m0/s1. The average molecular weight is 576 g/mol. The minimum atomic E-state index is -0.779. The molecule has 0 amide bonds. The number of benzene rings is 2. The number of rotatable bonds is 7. The minimum Gasteiger partial charge on any atom is -0.493 e. The number of ether oxygens (including phenoxy) is 3. The minimum absolute atomic E-state index is 0.183. The van der Waals surface area contributed by atoms with Crippen molar-refractivity contribution in [2.75, 3.05) is 20.8 Å². The van der Waals surface area contributed by atoms with Gasteiger partial charge in [0.25, 0.3) is 5.56 Å². The summed E-state index contributed by atoms with van der Waals surface area (Å²) < 4.78 is 33.8. The van der Waals surface area contributed by atoms with Crippen molar-refractivity contribution in [2.45, 2.75) is 33.7 Å². The normalized spacial score (nSPS) is 15.0. The van der Waals surface area contributed by atoms with E-state index in [2.05, 4.69) is 4.99 Å². The van der Waals surface area contributed by atoms with E-state index in [0.29, 0.717) is 32.1 Å². The molecule has 212 valence electrons. The quantitative estimate of drug-likeness (QED) is 0.306. The van der Waals surface area contributed by atoms with E-state index in [9.17, 15) is 14.0 Å². The number of carbonyl (C=O) groups is 1. The van der Waals surface area contributed by atoms with Crippen LogP contribution >= 0.6 is 11.3 Å². The van der Waals surface area contributed by atoms with Crippen LogP contribution in [0, 0.1) is 19.7 Å². The molecule has 2 aromatic carbocycles. The Hall–Kier alpha value is -4.44. The molecule has 0 saturated carbocycles. The van der Waals surface area contributed by atoms with Gasteiger partial charge in [0.2, 0.25) is 0 Å². The highest BCUT2D eigenvalue weighted by Crippen LogP contribution is 2.36. The molecule has 0 aliphatic carbocycles. The summed E-state index contributed by atoms with van der Waals surface area (Å²) in [6, 6.07) is 12.8. The Morgan fingerprint density at radius 3 is 2.41 bits per heavy atom. The summed E-state index contributed by atoms with van der Waals surface area (Å²) >= 11 is 1.25. The lowest BCUT2D eigenvalue weighted by Gasteiger charge is -2.25. The smallest absolute Gasteiger partial charge is 0.338 e. The van der Waals surface area contributed by atoms with Gasteiger partial charge in [-0.1, -0.05) is 17.4 Å². The Labute approximate surface area is 240 Å². The lowest BCUT2D eigenvalue weighted by Crippen LogP contribution is -2.40. The molecule has 5 rings (SSSR count). The van der Waals surface area contributed by atoms with Gasteiger partial charge in [-0.05, 0) is 87.4 Å². The molecule has 0 unspecified atom stereocenters. The molecule has 1 aliphatic heterocycles. The average Bonchev–Trinajstić information content (AvgIpc) is 3.41. The highest BCUT2D eigenvalue weighted by Gasteiger charge is 2.34. The largest absolute Gasteiger partial charge is 0.493 e. The molecule has 3 heterocycles. The fraction of sp³-hybridized carbons (Fsp3) is 0.258. The van der Waals surface area contributed by atoms with Gasteiger partial charge in [0.05, 0.1) is 42.7 Å². The number of allylic oxidation sites excluding steroid dienone is 1. The number of thiazole rings is 1. The second-order valence-electron chi connectivity index (χ2n) is 9.55. The molecule has 8 nitrogen and oxygen atoms in total. The molecule has 0 saturated heterocycles. The van der Waals surface area contributed by atoms with Crippen LogP contribution in [0.4, 0.5) is 4.39 Å². The van der Waals surface area contributed by atoms with E-state index in [1.165, 1.54) is 35.1 Å². The summed E-state index contributed by atoms with van der Waals surface area (Å²) in [6.45, 7) is 7.57. The second-order valence-corrected chi connectivity index (χ2v) is 10.6. The van der Waals surface area contributed by atoms with Gasteiger partial charge in [-0.3, -0.25) is 9.36 Å².